The highest BCUT2D eigenvalue weighted by Crippen LogP contribution is 2.29. The van der Waals surface area contributed by atoms with E-state index in [2.05, 4.69) is 10.2 Å². The zero-order chi connectivity index (χ0) is 15.0. The smallest absolute Gasteiger partial charge is 0.255 e. The normalized spacial score (nSPS) is 13.2. The Balaban J connectivity index is 1.80. The molecule has 0 aliphatic carbocycles. The van der Waals surface area contributed by atoms with Crippen LogP contribution in [0.5, 0.6) is 0 Å². The topological polar surface area (TPSA) is 32.3 Å². The molecule has 0 fully saturated rings. The lowest BCUT2D eigenvalue weighted by Crippen LogP contribution is -2.13. The Labute approximate surface area is 121 Å². The number of carbonyl (C=O) groups excluding carboxylic acids is 1. The van der Waals surface area contributed by atoms with Gasteiger partial charge in [0.15, 0.2) is 11.6 Å². The quantitative estimate of drug-likeness (QED) is 0.920. The molecule has 1 aliphatic rings. The molecule has 0 unspecified atom stereocenters. The molecule has 108 valence electrons. The Morgan fingerprint density at radius 2 is 1.95 bits per heavy atom. The van der Waals surface area contributed by atoms with Gasteiger partial charge in [0.25, 0.3) is 5.91 Å². The number of hydrogen-bond donors (Lipinski definition) is 1. The van der Waals surface area contributed by atoms with Crippen LogP contribution in [0.3, 0.4) is 0 Å². The minimum Gasteiger partial charge on any atom is -0.374 e. The van der Waals surface area contributed by atoms with Crippen molar-refractivity contribution in [3.8, 4) is 0 Å². The second kappa shape index (κ2) is 5.16. The van der Waals surface area contributed by atoms with E-state index in [0.29, 0.717) is 5.69 Å². The average Bonchev–Trinajstić information content (AvgIpc) is 2.83. The van der Waals surface area contributed by atoms with Crippen LogP contribution in [-0.4, -0.2) is 19.5 Å². The van der Waals surface area contributed by atoms with Gasteiger partial charge in [-0.15, -0.1) is 0 Å². The van der Waals surface area contributed by atoms with Crippen LogP contribution in [0.4, 0.5) is 20.2 Å². The van der Waals surface area contributed by atoms with E-state index in [9.17, 15) is 13.6 Å². The molecule has 21 heavy (non-hydrogen) atoms. The Kier molecular flexibility index (Phi) is 3.33. The standard InChI is InChI=1S/C16H14F2N2O/c1-20-7-6-10-8-12(3-5-15(10)20)19-16(21)11-2-4-13(17)14(18)9-11/h2-5,8-9H,6-7H2,1H3,(H,19,21). The van der Waals surface area contributed by atoms with E-state index < -0.39 is 17.5 Å². The van der Waals surface area contributed by atoms with Crippen molar-refractivity contribution in [2.24, 2.45) is 0 Å². The fourth-order valence-electron chi connectivity index (χ4n) is 2.49. The molecule has 5 heteroatoms. The number of fused-ring (bicyclic) bond motifs is 1. The second-order valence-electron chi connectivity index (χ2n) is 5.10. The molecule has 0 radical (unpaired) electrons. The van der Waals surface area contributed by atoms with Crippen LogP contribution in [0.15, 0.2) is 36.4 Å². The third-order valence-corrected chi connectivity index (χ3v) is 3.65. The van der Waals surface area contributed by atoms with Crippen molar-refractivity contribution in [3.63, 3.8) is 0 Å². The number of carbonyl (C=O) groups is 1. The van der Waals surface area contributed by atoms with Gasteiger partial charge >= 0.3 is 0 Å². The Hall–Kier alpha value is -2.43. The lowest BCUT2D eigenvalue weighted by molar-refractivity contribution is 0.102. The van der Waals surface area contributed by atoms with Crippen molar-refractivity contribution in [1.29, 1.82) is 0 Å². The van der Waals surface area contributed by atoms with Crippen LogP contribution in [0.1, 0.15) is 15.9 Å². The summed E-state index contributed by atoms with van der Waals surface area (Å²) in [7, 11) is 2.02. The van der Waals surface area contributed by atoms with Crippen molar-refractivity contribution >= 4 is 17.3 Å². The highest BCUT2D eigenvalue weighted by molar-refractivity contribution is 6.04. The molecule has 3 rings (SSSR count). The highest BCUT2D eigenvalue weighted by Gasteiger charge is 2.16. The molecule has 0 saturated heterocycles. The molecule has 1 heterocycles. The summed E-state index contributed by atoms with van der Waals surface area (Å²) in [5, 5.41) is 2.70. The number of likely N-dealkylation sites (N-methyl/N-ethyl adjacent to an activating group) is 1. The summed E-state index contributed by atoms with van der Waals surface area (Å²) in [6.07, 6.45) is 0.931. The summed E-state index contributed by atoms with van der Waals surface area (Å²) in [6, 6.07) is 8.76. The summed E-state index contributed by atoms with van der Waals surface area (Å²) in [4.78, 5) is 14.2. The van der Waals surface area contributed by atoms with E-state index >= 15 is 0 Å². The van der Waals surface area contributed by atoms with E-state index in [0.717, 1.165) is 30.8 Å². The first kappa shape index (κ1) is 13.5. The van der Waals surface area contributed by atoms with Crippen LogP contribution in [0.25, 0.3) is 0 Å². The number of benzene rings is 2. The maximum atomic E-state index is 13.1. The molecule has 2 aromatic rings. The van der Waals surface area contributed by atoms with E-state index in [-0.39, 0.29) is 5.56 Å². The number of rotatable bonds is 2. The number of amides is 1. The van der Waals surface area contributed by atoms with Crippen molar-refractivity contribution in [2.45, 2.75) is 6.42 Å². The molecule has 0 atom stereocenters. The van der Waals surface area contributed by atoms with Crippen LogP contribution in [-0.2, 0) is 6.42 Å². The van der Waals surface area contributed by atoms with Gasteiger partial charge in [-0.3, -0.25) is 4.79 Å². The van der Waals surface area contributed by atoms with Gasteiger partial charge in [0.1, 0.15) is 0 Å². The highest BCUT2D eigenvalue weighted by atomic mass is 19.2. The predicted molar refractivity (Wildman–Crippen MR) is 77.7 cm³/mol. The zero-order valence-electron chi connectivity index (χ0n) is 11.5. The maximum absolute atomic E-state index is 13.1. The number of halogens is 2. The molecule has 0 saturated carbocycles. The van der Waals surface area contributed by atoms with Crippen LogP contribution in [0, 0.1) is 11.6 Å². The fourth-order valence-corrected chi connectivity index (χ4v) is 2.49. The first-order valence-corrected chi connectivity index (χ1v) is 6.65. The Bertz CT molecular complexity index is 715. The van der Waals surface area contributed by atoms with Gasteiger partial charge in [-0.25, -0.2) is 8.78 Å². The summed E-state index contributed by atoms with van der Waals surface area (Å²) in [5.74, 6) is -2.45. The molecular formula is C16H14F2N2O. The van der Waals surface area contributed by atoms with E-state index in [1.165, 1.54) is 11.6 Å². The first-order chi connectivity index (χ1) is 10.0. The third-order valence-electron chi connectivity index (χ3n) is 3.65. The monoisotopic (exact) mass is 288 g/mol. The summed E-state index contributed by atoms with van der Waals surface area (Å²) in [6.45, 7) is 0.954. The maximum Gasteiger partial charge on any atom is 0.255 e. The average molecular weight is 288 g/mol. The van der Waals surface area contributed by atoms with Gasteiger partial charge in [-0.2, -0.15) is 0 Å². The number of nitrogens with zero attached hydrogens (tertiary/aromatic N) is 1. The third kappa shape index (κ3) is 2.59. The molecular weight excluding hydrogens is 274 g/mol. The van der Waals surface area contributed by atoms with Crippen molar-refractivity contribution in [3.05, 3.63) is 59.2 Å². The van der Waals surface area contributed by atoms with Gasteiger partial charge < -0.3 is 10.2 Å². The van der Waals surface area contributed by atoms with Crippen LogP contribution >= 0.6 is 0 Å². The van der Waals surface area contributed by atoms with Crippen molar-refractivity contribution in [1.82, 2.24) is 0 Å². The largest absolute Gasteiger partial charge is 0.374 e. The Morgan fingerprint density at radius 3 is 2.71 bits per heavy atom. The first-order valence-electron chi connectivity index (χ1n) is 6.65. The zero-order valence-corrected chi connectivity index (χ0v) is 11.5. The van der Waals surface area contributed by atoms with Crippen molar-refractivity contribution in [2.75, 3.05) is 23.8 Å². The molecule has 1 amide bonds. The van der Waals surface area contributed by atoms with Gasteiger partial charge in [0.2, 0.25) is 0 Å². The van der Waals surface area contributed by atoms with Gasteiger partial charge in [0.05, 0.1) is 0 Å². The predicted octanol–water partition coefficient (Wildman–Crippen LogP) is 3.21. The molecule has 0 aromatic heterocycles. The Morgan fingerprint density at radius 1 is 1.14 bits per heavy atom. The lowest BCUT2D eigenvalue weighted by atomic mass is 10.1. The minimum absolute atomic E-state index is 0.0894. The molecule has 2 aromatic carbocycles. The van der Waals surface area contributed by atoms with E-state index in [1.54, 1.807) is 6.07 Å². The van der Waals surface area contributed by atoms with Gasteiger partial charge in [-0.05, 0) is 48.4 Å². The number of anilines is 2. The molecule has 3 nitrogen and oxygen atoms in total. The van der Waals surface area contributed by atoms with Gasteiger partial charge in [0, 0.05) is 30.5 Å². The number of hydrogen-bond acceptors (Lipinski definition) is 2. The summed E-state index contributed by atoms with van der Waals surface area (Å²) >= 11 is 0. The van der Waals surface area contributed by atoms with E-state index in [1.807, 2.05) is 19.2 Å². The van der Waals surface area contributed by atoms with Crippen LogP contribution < -0.4 is 10.2 Å². The minimum atomic E-state index is -1.03. The number of nitrogens with one attached hydrogen (secondary N) is 1. The second-order valence-corrected chi connectivity index (χ2v) is 5.10. The SMILES string of the molecule is CN1CCc2cc(NC(=O)c3ccc(F)c(F)c3)ccc21. The lowest BCUT2D eigenvalue weighted by Gasteiger charge is -2.12. The molecule has 1 N–H and O–H groups in total. The molecule has 1 aliphatic heterocycles. The fraction of sp³-hybridized carbons (Fsp3) is 0.188. The molecule has 0 bridgehead atoms. The van der Waals surface area contributed by atoms with E-state index in [4.69, 9.17) is 0 Å². The molecule has 0 spiro atoms. The van der Waals surface area contributed by atoms with Crippen molar-refractivity contribution < 1.29 is 13.6 Å². The van der Waals surface area contributed by atoms with Crippen LogP contribution in [0.2, 0.25) is 0 Å². The van der Waals surface area contributed by atoms with Gasteiger partial charge in [-0.1, -0.05) is 0 Å². The summed E-state index contributed by atoms with van der Waals surface area (Å²) < 4.78 is 26.0. The summed E-state index contributed by atoms with van der Waals surface area (Å²) in [5.41, 5.74) is 3.06.